The molecular weight excluding hydrogens is 386 g/mol. The van der Waals surface area contributed by atoms with E-state index in [4.69, 9.17) is 9.47 Å². The Morgan fingerprint density at radius 2 is 1.90 bits per heavy atom. The van der Waals surface area contributed by atoms with Gasteiger partial charge in [-0.25, -0.2) is 4.98 Å². The maximum atomic E-state index is 12.4. The molecule has 0 saturated carbocycles. The second-order valence-corrected chi connectivity index (χ2v) is 7.74. The number of pyridine rings is 1. The van der Waals surface area contributed by atoms with E-state index < -0.39 is 0 Å². The summed E-state index contributed by atoms with van der Waals surface area (Å²) in [4.78, 5) is 17.0. The Morgan fingerprint density at radius 3 is 2.69 bits per heavy atom. The first-order valence-corrected chi connectivity index (χ1v) is 10.2. The van der Waals surface area contributed by atoms with Crippen LogP contribution in [0.5, 0.6) is 11.5 Å². The van der Waals surface area contributed by atoms with Gasteiger partial charge in [0.1, 0.15) is 24.3 Å². The van der Waals surface area contributed by atoms with E-state index in [9.17, 15) is 10.1 Å². The fourth-order valence-electron chi connectivity index (χ4n) is 3.06. The van der Waals surface area contributed by atoms with Crippen molar-refractivity contribution >= 4 is 34.3 Å². The molecule has 0 spiro atoms. The highest BCUT2D eigenvalue weighted by Crippen LogP contribution is 2.33. The Kier molecular flexibility index (Phi) is 5.28. The lowest BCUT2D eigenvalue weighted by atomic mass is 10.1. The fourth-order valence-corrected chi connectivity index (χ4v) is 3.83. The molecule has 1 aliphatic heterocycles. The highest BCUT2D eigenvalue weighted by atomic mass is 32.2. The molecule has 3 aromatic rings. The van der Waals surface area contributed by atoms with Gasteiger partial charge >= 0.3 is 0 Å². The van der Waals surface area contributed by atoms with Crippen molar-refractivity contribution in [2.24, 2.45) is 0 Å². The van der Waals surface area contributed by atoms with Crippen molar-refractivity contribution in [2.45, 2.75) is 18.9 Å². The van der Waals surface area contributed by atoms with Crippen molar-refractivity contribution in [1.29, 1.82) is 5.26 Å². The van der Waals surface area contributed by atoms with Crippen LogP contribution >= 0.6 is 11.8 Å². The number of rotatable bonds is 4. The zero-order valence-corrected chi connectivity index (χ0v) is 16.9. The van der Waals surface area contributed by atoms with Gasteiger partial charge in [-0.05, 0) is 55.3 Å². The van der Waals surface area contributed by atoms with Crippen molar-refractivity contribution in [3.05, 3.63) is 53.1 Å². The van der Waals surface area contributed by atoms with Crippen molar-refractivity contribution in [3.8, 4) is 17.6 Å². The van der Waals surface area contributed by atoms with Gasteiger partial charge in [0, 0.05) is 17.1 Å². The van der Waals surface area contributed by atoms with E-state index in [0.717, 1.165) is 22.0 Å². The number of amides is 1. The lowest BCUT2D eigenvalue weighted by Crippen LogP contribution is -2.17. The van der Waals surface area contributed by atoms with Gasteiger partial charge in [0.15, 0.2) is 11.5 Å². The van der Waals surface area contributed by atoms with E-state index in [0.29, 0.717) is 41.0 Å². The number of benzene rings is 2. The Hall–Kier alpha value is -3.24. The van der Waals surface area contributed by atoms with Gasteiger partial charge in [-0.1, -0.05) is 11.8 Å². The molecule has 0 radical (unpaired) electrons. The summed E-state index contributed by atoms with van der Waals surface area (Å²) in [6.07, 6.45) is 0. The number of carbonyl (C=O) groups is 1. The zero-order valence-electron chi connectivity index (χ0n) is 16.1. The van der Waals surface area contributed by atoms with Crippen molar-refractivity contribution < 1.29 is 14.3 Å². The van der Waals surface area contributed by atoms with Gasteiger partial charge in [-0.3, -0.25) is 4.79 Å². The standard InChI is InChI=1S/C22H19N3O3S/c1-13-7-15-9-16(11-23)22(25-18(15)8-14(13)2)29-12-21(26)24-17-3-4-19-20(10-17)28-6-5-27-19/h3-4,7-10H,5-6,12H2,1-2H3,(H,24,26). The van der Waals surface area contributed by atoms with Crippen LogP contribution in [0, 0.1) is 25.2 Å². The van der Waals surface area contributed by atoms with Gasteiger partial charge in [0.25, 0.3) is 0 Å². The highest BCUT2D eigenvalue weighted by molar-refractivity contribution is 8.00. The minimum atomic E-state index is -0.183. The summed E-state index contributed by atoms with van der Waals surface area (Å²) in [5, 5.41) is 13.8. The number of fused-ring (bicyclic) bond motifs is 2. The first kappa shape index (κ1) is 19.1. The summed E-state index contributed by atoms with van der Waals surface area (Å²) in [5.74, 6) is 1.26. The normalized spacial score (nSPS) is 12.4. The number of thioether (sulfide) groups is 1. The van der Waals surface area contributed by atoms with Gasteiger partial charge in [0.05, 0.1) is 16.8 Å². The predicted octanol–water partition coefficient (Wildman–Crippen LogP) is 4.23. The summed E-state index contributed by atoms with van der Waals surface area (Å²) in [6, 6.07) is 13.3. The number of nitrogens with zero attached hydrogens (tertiary/aromatic N) is 2. The molecule has 6 nitrogen and oxygen atoms in total. The maximum absolute atomic E-state index is 12.4. The molecule has 4 rings (SSSR count). The molecule has 29 heavy (non-hydrogen) atoms. The number of carbonyl (C=O) groups excluding carboxylic acids is 1. The molecule has 0 fully saturated rings. The number of hydrogen-bond donors (Lipinski definition) is 1. The monoisotopic (exact) mass is 405 g/mol. The summed E-state index contributed by atoms with van der Waals surface area (Å²) < 4.78 is 11.0. The fraction of sp³-hybridized carbons (Fsp3) is 0.227. The number of nitrogens with one attached hydrogen (secondary N) is 1. The third-order valence-electron chi connectivity index (χ3n) is 4.68. The molecule has 7 heteroatoms. The van der Waals surface area contributed by atoms with E-state index in [1.54, 1.807) is 18.2 Å². The summed E-state index contributed by atoms with van der Waals surface area (Å²) in [5.41, 5.74) is 4.22. The second-order valence-electron chi connectivity index (χ2n) is 6.78. The van der Waals surface area contributed by atoms with E-state index >= 15 is 0 Å². The first-order chi connectivity index (χ1) is 14.0. The Morgan fingerprint density at radius 1 is 1.14 bits per heavy atom. The average molecular weight is 405 g/mol. The van der Waals surface area contributed by atoms with E-state index in [1.807, 2.05) is 32.0 Å². The maximum Gasteiger partial charge on any atom is 0.234 e. The molecule has 0 bridgehead atoms. The second kappa shape index (κ2) is 8.02. The van der Waals surface area contributed by atoms with Crippen LogP contribution in [0.4, 0.5) is 5.69 Å². The van der Waals surface area contributed by atoms with E-state index in [-0.39, 0.29) is 11.7 Å². The van der Waals surface area contributed by atoms with Crippen molar-refractivity contribution in [3.63, 3.8) is 0 Å². The smallest absolute Gasteiger partial charge is 0.234 e. The highest BCUT2D eigenvalue weighted by Gasteiger charge is 2.14. The third-order valence-corrected chi connectivity index (χ3v) is 5.67. The minimum absolute atomic E-state index is 0.145. The molecule has 2 heterocycles. The minimum Gasteiger partial charge on any atom is -0.486 e. The van der Waals surface area contributed by atoms with Crippen LogP contribution in [0.3, 0.4) is 0 Å². The number of nitriles is 1. The van der Waals surface area contributed by atoms with Gasteiger partial charge in [0.2, 0.25) is 5.91 Å². The summed E-state index contributed by atoms with van der Waals surface area (Å²) in [7, 11) is 0. The van der Waals surface area contributed by atoms with E-state index in [1.165, 1.54) is 11.8 Å². The molecule has 0 aliphatic carbocycles. The van der Waals surface area contributed by atoms with E-state index in [2.05, 4.69) is 16.4 Å². The molecule has 0 unspecified atom stereocenters. The van der Waals surface area contributed by atoms with Crippen molar-refractivity contribution in [1.82, 2.24) is 4.98 Å². The molecule has 2 aromatic carbocycles. The molecule has 1 aliphatic rings. The number of hydrogen-bond acceptors (Lipinski definition) is 6. The molecule has 0 saturated heterocycles. The Labute approximate surface area is 172 Å². The van der Waals surface area contributed by atoms with Crippen LogP contribution in [0.1, 0.15) is 16.7 Å². The average Bonchev–Trinajstić information content (AvgIpc) is 2.72. The largest absolute Gasteiger partial charge is 0.486 e. The number of aryl methyl sites for hydroxylation is 2. The number of ether oxygens (including phenoxy) is 2. The lowest BCUT2D eigenvalue weighted by Gasteiger charge is -2.19. The number of aromatic nitrogens is 1. The third kappa shape index (κ3) is 4.13. The van der Waals surface area contributed by atoms with Crippen LogP contribution in [0.2, 0.25) is 0 Å². The molecule has 1 aromatic heterocycles. The number of anilines is 1. The molecule has 0 atom stereocenters. The van der Waals surface area contributed by atoms with Crippen LogP contribution in [0.15, 0.2) is 41.4 Å². The van der Waals surface area contributed by atoms with Crippen LogP contribution in [0.25, 0.3) is 10.9 Å². The molecule has 146 valence electrons. The first-order valence-electron chi connectivity index (χ1n) is 9.18. The quantitative estimate of drug-likeness (QED) is 0.654. The molecule has 1 amide bonds. The van der Waals surface area contributed by atoms with Gasteiger partial charge < -0.3 is 14.8 Å². The Bertz CT molecular complexity index is 1150. The zero-order chi connectivity index (χ0) is 20.4. The van der Waals surface area contributed by atoms with Gasteiger partial charge in [-0.2, -0.15) is 5.26 Å². The lowest BCUT2D eigenvalue weighted by molar-refractivity contribution is -0.113. The Balaban J connectivity index is 1.48. The molecule has 1 N–H and O–H groups in total. The molecular formula is C22H19N3O3S. The van der Waals surface area contributed by atoms with Crippen LogP contribution < -0.4 is 14.8 Å². The van der Waals surface area contributed by atoms with Crippen LogP contribution in [-0.4, -0.2) is 29.9 Å². The van der Waals surface area contributed by atoms with Crippen molar-refractivity contribution in [2.75, 3.05) is 24.3 Å². The van der Waals surface area contributed by atoms with Gasteiger partial charge in [-0.15, -0.1) is 0 Å². The topological polar surface area (TPSA) is 84.2 Å². The summed E-state index contributed by atoms with van der Waals surface area (Å²) in [6.45, 7) is 5.08. The summed E-state index contributed by atoms with van der Waals surface area (Å²) >= 11 is 1.25. The predicted molar refractivity (Wildman–Crippen MR) is 113 cm³/mol. The van der Waals surface area contributed by atoms with Crippen LogP contribution in [-0.2, 0) is 4.79 Å². The SMILES string of the molecule is Cc1cc2cc(C#N)c(SCC(=O)Nc3ccc4c(c3)OCCO4)nc2cc1C.